The molecule has 142 valence electrons. The van der Waals surface area contributed by atoms with Crippen LogP contribution in [0.2, 0.25) is 0 Å². The smallest absolute Gasteiger partial charge is 0.107 e. The fraction of sp³-hybridized carbons (Fsp3) is 0.217. The van der Waals surface area contributed by atoms with Crippen molar-refractivity contribution < 1.29 is 0 Å². The Balaban J connectivity index is 1.69. The van der Waals surface area contributed by atoms with Crippen molar-refractivity contribution in [3.8, 4) is 16.9 Å². The maximum absolute atomic E-state index is 4.95. The molecular weight excluding hydrogens is 364 g/mol. The lowest BCUT2D eigenvalue weighted by Gasteiger charge is -2.15. The van der Waals surface area contributed by atoms with Crippen molar-refractivity contribution in [1.82, 2.24) is 19.7 Å². The highest BCUT2D eigenvalue weighted by atomic mass is 32.1. The van der Waals surface area contributed by atoms with E-state index in [1.54, 1.807) is 11.3 Å². The van der Waals surface area contributed by atoms with Gasteiger partial charge < -0.3 is 0 Å². The first-order chi connectivity index (χ1) is 13.6. The molecule has 0 aliphatic rings. The molecule has 0 saturated heterocycles. The molecule has 2 aromatic heterocycles. The number of hydrogen-bond donors (Lipinski definition) is 0. The van der Waals surface area contributed by atoms with Gasteiger partial charge in [0.15, 0.2) is 0 Å². The third-order valence-electron chi connectivity index (χ3n) is 4.71. The molecule has 0 amide bonds. The minimum Gasteiger partial charge on any atom is -0.295 e. The Bertz CT molecular complexity index is 1050. The van der Waals surface area contributed by atoms with Crippen molar-refractivity contribution in [3.05, 3.63) is 88.0 Å². The van der Waals surface area contributed by atoms with Crippen molar-refractivity contribution in [1.29, 1.82) is 0 Å². The molecule has 0 aliphatic carbocycles. The average Bonchev–Trinajstić information content (AvgIpc) is 3.32. The van der Waals surface area contributed by atoms with Gasteiger partial charge in [-0.3, -0.25) is 4.90 Å². The second kappa shape index (κ2) is 8.09. The minimum atomic E-state index is 0.814. The Labute approximate surface area is 170 Å². The fourth-order valence-electron chi connectivity index (χ4n) is 3.30. The summed E-state index contributed by atoms with van der Waals surface area (Å²) in [6, 6.07) is 17.0. The number of hydrogen-bond acceptors (Lipinski definition) is 4. The van der Waals surface area contributed by atoms with Gasteiger partial charge in [-0.2, -0.15) is 5.10 Å². The molecule has 0 atom stereocenters. The van der Waals surface area contributed by atoms with Crippen molar-refractivity contribution >= 4 is 11.3 Å². The molecule has 0 aliphatic heterocycles. The van der Waals surface area contributed by atoms with Crippen LogP contribution >= 0.6 is 11.3 Å². The molecule has 0 spiro atoms. The standard InChI is InChI=1S/C23H24N4S/c1-17-7-9-21(10-8-17)27-15-20(14-26(3)16-22-24-11-12-28-22)23(25-27)19-6-4-5-18(2)13-19/h4-13,15H,14,16H2,1-3H3. The van der Waals surface area contributed by atoms with Gasteiger partial charge >= 0.3 is 0 Å². The number of nitrogens with zero attached hydrogens (tertiary/aromatic N) is 4. The number of aryl methyl sites for hydroxylation is 2. The molecule has 4 rings (SSSR count). The van der Waals surface area contributed by atoms with Gasteiger partial charge in [-0.05, 0) is 39.1 Å². The Morgan fingerprint density at radius 1 is 1.00 bits per heavy atom. The minimum absolute atomic E-state index is 0.814. The fourth-order valence-corrected chi connectivity index (χ4v) is 3.99. The maximum atomic E-state index is 4.95. The molecule has 0 fully saturated rings. The molecule has 2 heterocycles. The summed E-state index contributed by atoms with van der Waals surface area (Å²) in [4.78, 5) is 6.69. The molecule has 0 N–H and O–H groups in total. The van der Waals surface area contributed by atoms with E-state index in [0.29, 0.717) is 0 Å². The van der Waals surface area contributed by atoms with Crippen LogP contribution in [0, 0.1) is 13.8 Å². The van der Waals surface area contributed by atoms with Gasteiger partial charge in [0.2, 0.25) is 0 Å². The summed E-state index contributed by atoms with van der Waals surface area (Å²) in [6.07, 6.45) is 4.02. The van der Waals surface area contributed by atoms with Crippen LogP contribution in [0.25, 0.3) is 16.9 Å². The second-order valence-electron chi connectivity index (χ2n) is 7.25. The van der Waals surface area contributed by atoms with E-state index in [9.17, 15) is 0 Å². The van der Waals surface area contributed by atoms with Crippen LogP contribution in [-0.2, 0) is 13.1 Å². The highest BCUT2D eigenvalue weighted by Crippen LogP contribution is 2.26. The monoisotopic (exact) mass is 388 g/mol. The number of thiazole rings is 1. The molecule has 0 bridgehead atoms. The highest BCUT2D eigenvalue weighted by molar-refractivity contribution is 7.09. The van der Waals surface area contributed by atoms with E-state index in [0.717, 1.165) is 35.0 Å². The molecule has 0 saturated carbocycles. The van der Waals surface area contributed by atoms with Gasteiger partial charge in [-0.1, -0.05) is 41.5 Å². The molecule has 4 aromatic rings. The average molecular weight is 389 g/mol. The van der Waals surface area contributed by atoms with E-state index < -0.39 is 0 Å². The van der Waals surface area contributed by atoms with Gasteiger partial charge in [0.1, 0.15) is 5.01 Å². The van der Waals surface area contributed by atoms with E-state index in [4.69, 9.17) is 5.10 Å². The highest BCUT2D eigenvalue weighted by Gasteiger charge is 2.15. The predicted molar refractivity (Wildman–Crippen MR) is 116 cm³/mol. The first-order valence-electron chi connectivity index (χ1n) is 9.38. The Morgan fingerprint density at radius 3 is 2.54 bits per heavy atom. The third kappa shape index (κ3) is 4.21. The van der Waals surface area contributed by atoms with Gasteiger partial charge in [0, 0.05) is 35.4 Å². The number of rotatable bonds is 6. The lowest BCUT2D eigenvalue weighted by atomic mass is 10.1. The van der Waals surface area contributed by atoms with E-state index in [-0.39, 0.29) is 0 Å². The zero-order valence-corrected chi connectivity index (χ0v) is 17.3. The summed E-state index contributed by atoms with van der Waals surface area (Å²) >= 11 is 1.69. The quantitative estimate of drug-likeness (QED) is 0.453. The largest absolute Gasteiger partial charge is 0.295 e. The van der Waals surface area contributed by atoms with Crippen molar-refractivity contribution in [2.75, 3.05) is 7.05 Å². The van der Waals surface area contributed by atoms with Crippen LogP contribution in [0.15, 0.2) is 66.3 Å². The molecule has 28 heavy (non-hydrogen) atoms. The molecule has 0 unspecified atom stereocenters. The second-order valence-corrected chi connectivity index (χ2v) is 8.23. The summed E-state index contributed by atoms with van der Waals surface area (Å²) in [6.45, 7) is 5.87. The van der Waals surface area contributed by atoms with Crippen LogP contribution in [0.1, 0.15) is 21.7 Å². The molecule has 4 nitrogen and oxygen atoms in total. The predicted octanol–water partition coefficient (Wildman–Crippen LogP) is 5.24. The lowest BCUT2D eigenvalue weighted by Crippen LogP contribution is -2.17. The van der Waals surface area contributed by atoms with E-state index in [1.807, 2.05) is 16.3 Å². The van der Waals surface area contributed by atoms with Crippen LogP contribution in [0.3, 0.4) is 0 Å². The lowest BCUT2D eigenvalue weighted by molar-refractivity contribution is 0.319. The Morgan fingerprint density at radius 2 is 1.82 bits per heavy atom. The van der Waals surface area contributed by atoms with E-state index in [2.05, 4.69) is 85.5 Å². The van der Waals surface area contributed by atoms with Crippen molar-refractivity contribution in [3.63, 3.8) is 0 Å². The summed E-state index contributed by atoms with van der Waals surface area (Å²) in [5, 5.41) is 8.10. The van der Waals surface area contributed by atoms with Crippen LogP contribution in [0.4, 0.5) is 0 Å². The molecule has 5 heteroatoms. The topological polar surface area (TPSA) is 34.0 Å². The molecule has 2 aromatic carbocycles. The zero-order chi connectivity index (χ0) is 19.5. The SMILES string of the molecule is Cc1ccc(-n2cc(CN(C)Cc3nccs3)c(-c3cccc(C)c3)n2)cc1. The summed E-state index contributed by atoms with van der Waals surface area (Å²) < 4.78 is 1.99. The normalized spacial score (nSPS) is 11.3. The van der Waals surface area contributed by atoms with Crippen LogP contribution in [-0.4, -0.2) is 26.7 Å². The van der Waals surface area contributed by atoms with Crippen LogP contribution in [0.5, 0.6) is 0 Å². The van der Waals surface area contributed by atoms with Crippen molar-refractivity contribution in [2.24, 2.45) is 0 Å². The van der Waals surface area contributed by atoms with E-state index >= 15 is 0 Å². The number of aromatic nitrogens is 3. The summed E-state index contributed by atoms with van der Waals surface area (Å²) in [5.41, 5.74) is 6.97. The van der Waals surface area contributed by atoms with Crippen molar-refractivity contribution in [2.45, 2.75) is 26.9 Å². The van der Waals surface area contributed by atoms with Gasteiger partial charge in [-0.25, -0.2) is 9.67 Å². The maximum Gasteiger partial charge on any atom is 0.107 e. The molecule has 0 radical (unpaired) electrons. The van der Waals surface area contributed by atoms with Crippen LogP contribution < -0.4 is 0 Å². The Kier molecular flexibility index (Phi) is 5.37. The third-order valence-corrected chi connectivity index (χ3v) is 5.47. The Hall–Kier alpha value is -2.76. The molecular formula is C23H24N4S. The van der Waals surface area contributed by atoms with Gasteiger partial charge in [0.25, 0.3) is 0 Å². The first-order valence-corrected chi connectivity index (χ1v) is 10.3. The van der Waals surface area contributed by atoms with E-state index in [1.165, 1.54) is 16.7 Å². The summed E-state index contributed by atoms with van der Waals surface area (Å²) in [5.74, 6) is 0. The summed E-state index contributed by atoms with van der Waals surface area (Å²) in [7, 11) is 2.13. The zero-order valence-electron chi connectivity index (χ0n) is 16.5. The number of benzene rings is 2. The van der Waals surface area contributed by atoms with Gasteiger partial charge in [0.05, 0.1) is 17.9 Å². The van der Waals surface area contributed by atoms with Gasteiger partial charge in [-0.15, -0.1) is 11.3 Å². The first kappa shape index (κ1) is 18.6.